The van der Waals surface area contributed by atoms with Crippen molar-refractivity contribution in [3.8, 4) is 0 Å². The van der Waals surface area contributed by atoms with Crippen molar-refractivity contribution in [2.75, 3.05) is 20.3 Å². The number of carboxylic acid groups (broad SMARTS) is 1. The zero-order valence-electron chi connectivity index (χ0n) is 11.0. The zero-order chi connectivity index (χ0) is 15.8. The molecule has 2 unspecified atom stereocenters. The number of hydrogen-bond donors (Lipinski definition) is 1. The Hall–Kier alpha value is -1.22. The molecule has 0 radical (unpaired) electrons. The summed E-state index contributed by atoms with van der Waals surface area (Å²) in [6, 6.07) is 2.73. The molecule has 1 aromatic carbocycles. The molecule has 1 heterocycles. The Bertz CT molecular complexity index is 666. The molecular formula is C12H13ClFNO5S. The molecule has 2 rings (SSSR count). The van der Waals surface area contributed by atoms with Crippen molar-refractivity contribution in [1.82, 2.24) is 4.31 Å². The molecule has 1 saturated heterocycles. The number of sulfonamides is 1. The highest BCUT2D eigenvalue weighted by Crippen LogP contribution is 2.28. The van der Waals surface area contributed by atoms with Gasteiger partial charge in [0.25, 0.3) is 0 Å². The fourth-order valence-electron chi connectivity index (χ4n) is 2.15. The normalized spacial score (nSPS) is 22.7. The van der Waals surface area contributed by atoms with Crippen LogP contribution in [0, 0.1) is 11.7 Å². The third-order valence-corrected chi connectivity index (χ3v) is 5.60. The van der Waals surface area contributed by atoms with Gasteiger partial charge in [-0.05, 0) is 12.1 Å². The van der Waals surface area contributed by atoms with Gasteiger partial charge < -0.3 is 9.84 Å². The van der Waals surface area contributed by atoms with Gasteiger partial charge in [-0.25, -0.2) is 12.8 Å². The highest BCUT2D eigenvalue weighted by molar-refractivity contribution is 7.89. The number of hydrogen-bond acceptors (Lipinski definition) is 4. The summed E-state index contributed by atoms with van der Waals surface area (Å²) in [5, 5.41) is 8.75. The Balaban J connectivity index is 2.39. The monoisotopic (exact) mass is 337 g/mol. The van der Waals surface area contributed by atoms with Gasteiger partial charge in [0.05, 0.1) is 30.2 Å². The number of aliphatic carboxylic acids is 1. The molecular weight excluding hydrogens is 325 g/mol. The smallest absolute Gasteiger partial charge is 0.310 e. The third kappa shape index (κ3) is 2.89. The summed E-state index contributed by atoms with van der Waals surface area (Å²) in [5.74, 6) is -3.21. The van der Waals surface area contributed by atoms with E-state index in [0.717, 1.165) is 10.4 Å². The van der Waals surface area contributed by atoms with E-state index in [2.05, 4.69) is 0 Å². The first-order chi connectivity index (χ1) is 9.76. The van der Waals surface area contributed by atoms with Crippen molar-refractivity contribution in [3.05, 3.63) is 29.0 Å². The second-order valence-corrected chi connectivity index (χ2v) is 7.00. The number of halogens is 2. The maximum absolute atomic E-state index is 13.9. The minimum atomic E-state index is -4.21. The van der Waals surface area contributed by atoms with Crippen LogP contribution in [0.25, 0.3) is 0 Å². The molecule has 9 heteroatoms. The number of ether oxygens (including phenoxy) is 1. The molecule has 1 fully saturated rings. The minimum Gasteiger partial charge on any atom is -0.481 e. The van der Waals surface area contributed by atoms with Crippen molar-refractivity contribution in [2.24, 2.45) is 5.92 Å². The zero-order valence-corrected chi connectivity index (χ0v) is 12.6. The maximum Gasteiger partial charge on any atom is 0.310 e. The lowest BCUT2D eigenvalue weighted by Gasteiger charge is -2.25. The number of nitrogens with zero attached hydrogens (tertiary/aromatic N) is 1. The van der Waals surface area contributed by atoms with Crippen LogP contribution in [-0.4, -0.2) is 50.1 Å². The van der Waals surface area contributed by atoms with Crippen molar-refractivity contribution in [1.29, 1.82) is 0 Å². The molecule has 6 nitrogen and oxygen atoms in total. The fourth-order valence-corrected chi connectivity index (χ4v) is 3.85. The Morgan fingerprint density at radius 3 is 2.76 bits per heavy atom. The van der Waals surface area contributed by atoms with Crippen LogP contribution in [0.15, 0.2) is 23.1 Å². The van der Waals surface area contributed by atoms with Crippen molar-refractivity contribution < 1.29 is 27.4 Å². The Kier molecular flexibility index (Phi) is 4.52. The van der Waals surface area contributed by atoms with E-state index in [0.29, 0.717) is 0 Å². The molecule has 0 spiro atoms. The van der Waals surface area contributed by atoms with Gasteiger partial charge in [0, 0.05) is 7.05 Å². The topological polar surface area (TPSA) is 83.9 Å². The first-order valence-electron chi connectivity index (χ1n) is 5.99. The molecule has 116 valence electrons. The lowest BCUT2D eigenvalue weighted by molar-refractivity contribution is -0.142. The molecule has 21 heavy (non-hydrogen) atoms. The average molecular weight is 338 g/mol. The lowest BCUT2D eigenvalue weighted by Crippen LogP contribution is -2.44. The van der Waals surface area contributed by atoms with Gasteiger partial charge in [-0.3, -0.25) is 4.79 Å². The van der Waals surface area contributed by atoms with Crippen LogP contribution >= 0.6 is 11.6 Å². The van der Waals surface area contributed by atoms with Crippen LogP contribution < -0.4 is 0 Å². The number of likely N-dealkylation sites (N-methyl/N-ethyl adjacent to an activating group) is 1. The van der Waals surface area contributed by atoms with Crippen LogP contribution in [0.2, 0.25) is 5.02 Å². The molecule has 1 N–H and O–H groups in total. The second-order valence-electron chi connectivity index (χ2n) is 4.62. The maximum atomic E-state index is 13.9. The number of benzene rings is 1. The highest BCUT2D eigenvalue weighted by Gasteiger charge is 2.42. The van der Waals surface area contributed by atoms with Crippen LogP contribution in [0.4, 0.5) is 4.39 Å². The first kappa shape index (κ1) is 16.2. The highest BCUT2D eigenvalue weighted by atomic mass is 35.5. The molecule has 1 aliphatic heterocycles. The molecule has 1 aromatic rings. The quantitative estimate of drug-likeness (QED) is 0.892. The van der Waals surface area contributed by atoms with Gasteiger partial charge in [-0.2, -0.15) is 4.31 Å². The largest absolute Gasteiger partial charge is 0.481 e. The van der Waals surface area contributed by atoms with Crippen LogP contribution in [0.1, 0.15) is 0 Å². The Morgan fingerprint density at radius 2 is 2.14 bits per heavy atom. The summed E-state index contributed by atoms with van der Waals surface area (Å²) in [4.78, 5) is 10.5. The lowest BCUT2D eigenvalue weighted by atomic mass is 10.1. The van der Waals surface area contributed by atoms with Gasteiger partial charge in [-0.15, -0.1) is 0 Å². The number of carbonyl (C=O) groups is 1. The summed E-state index contributed by atoms with van der Waals surface area (Å²) >= 11 is 5.59. The van der Waals surface area contributed by atoms with E-state index in [-0.39, 0.29) is 18.2 Å². The minimum absolute atomic E-state index is 0.0606. The molecule has 0 saturated carbocycles. The first-order valence-corrected chi connectivity index (χ1v) is 7.81. The van der Waals surface area contributed by atoms with Gasteiger partial charge >= 0.3 is 5.97 Å². The summed E-state index contributed by atoms with van der Waals surface area (Å²) in [6.45, 7) is -0.146. The summed E-state index contributed by atoms with van der Waals surface area (Å²) in [6.07, 6.45) is 0. The molecule has 0 aromatic heterocycles. The predicted molar refractivity (Wildman–Crippen MR) is 72.1 cm³/mol. The van der Waals surface area contributed by atoms with E-state index < -0.39 is 38.7 Å². The second kappa shape index (κ2) is 5.88. The molecule has 1 aliphatic rings. The molecule has 2 atom stereocenters. The number of carboxylic acids is 1. The van der Waals surface area contributed by atoms with E-state index >= 15 is 0 Å². The van der Waals surface area contributed by atoms with E-state index in [9.17, 15) is 17.6 Å². The average Bonchev–Trinajstić information content (AvgIpc) is 2.90. The number of rotatable bonds is 4. The van der Waals surface area contributed by atoms with Crippen LogP contribution in [0.5, 0.6) is 0 Å². The van der Waals surface area contributed by atoms with Gasteiger partial charge in [0.15, 0.2) is 5.82 Å². The molecule has 0 bridgehead atoms. The third-order valence-electron chi connectivity index (χ3n) is 3.41. The Morgan fingerprint density at radius 1 is 1.48 bits per heavy atom. The van der Waals surface area contributed by atoms with E-state index in [1.54, 1.807) is 0 Å². The van der Waals surface area contributed by atoms with Gasteiger partial charge in [0.2, 0.25) is 10.0 Å². The Labute approximate surface area is 126 Å². The summed E-state index contributed by atoms with van der Waals surface area (Å²) in [5.41, 5.74) is 0. The SMILES string of the molecule is CN(C1COCC1C(=O)O)S(=O)(=O)c1cccc(Cl)c1F. The molecule has 0 amide bonds. The van der Waals surface area contributed by atoms with E-state index in [1.807, 2.05) is 0 Å². The van der Waals surface area contributed by atoms with Crippen molar-refractivity contribution in [3.63, 3.8) is 0 Å². The van der Waals surface area contributed by atoms with Gasteiger partial charge in [0.1, 0.15) is 4.90 Å². The predicted octanol–water partition coefficient (Wildman–Crippen LogP) is 1.20. The van der Waals surface area contributed by atoms with Crippen LogP contribution in [0.3, 0.4) is 0 Å². The standard InChI is InChI=1S/C12H13ClFNO5S/c1-15(9-6-20-5-7(9)12(16)17)21(18,19)10-4-2-3-8(13)11(10)14/h2-4,7,9H,5-6H2,1H3,(H,16,17). The summed E-state index contributed by atoms with van der Waals surface area (Å²) < 4.78 is 44.7. The van der Waals surface area contributed by atoms with Crippen molar-refractivity contribution in [2.45, 2.75) is 10.9 Å². The van der Waals surface area contributed by atoms with Crippen LogP contribution in [-0.2, 0) is 19.6 Å². The fraction of sp³-hybridized carbons (Fsp3) is 0.417. The van der Waals surface area contributed by atoms with E-state index in [1.165, 1.54) is 19.2 Å². The van der Waals surface area contributed by atoms with E-state index in [4.69, 9.17) is 21.4 Å². The summed E-state index contributed by atoms with van der Waals surface area (Å²) in [7, 11) is -3.01. The van der Waals surface area contributed by atoms with Gasteiger partial charge in [-0.1, -0.05) is 17.7 Å². The van der Waals surface area contributed by atoms with Crippen molar-refractivity contribution >= 4 is 27.6 Å². The molecule has 0 aliphatic carbocycles.